The van der Waals surface area contributed by atoms with Crippen LogP contribution >= 0.6 is 7.92 Å². The molecule has 0 atom stereocenters. The van der Waals surface area contributed by atoms with Crippen LogP contribution in [0.3, 0.4) is 0 Å². The van der Waals surface area contributed by atoms with Gasteiger partial charge in [-0.3, -0.25) is 0 Å². The third-order valence-corrected chi connectivity index (χ3v) is 4.21. The molecule has 0 spiro atoms. The van der Waals surface area contributed by atoms with E-state index in [1.54, 1.807) is 0 Å². The zero-order chi connectivity index (χ0) is 15.1. The van der Waals surface area contributed by atoms with E-state index in [-0.39, 0.29) is 7.92 Å². The highest BCUT2D eigenvalue weighted by atomic mass is 31.1. The maximum absolute atomic E-state index is 2.34. The van der Waals surface area contributed by atoms with Crippen LogP contribution in [0.1, 0.15) is 16.7 Å². The van der Waals surface area contributed by atoms with Crippen molar-refractivity contribution in [1.29, 1.82) is 0 Å². The lowest BCUT2D eigenvalue weighted by molar-refractivity contribution is 1.21. The summed E-state index contributed by atoms with van der Waals surface area (Å²) in [5.74, 6) is 2.33. The number of hydrogen-bond acceptors (Lipinski definition) is 0. The molecule has 2 rings (SSSR count). The van der Waals surface area contributed by atoms with Crippen LogP contribution in [0.2, 0.25) is 0 Å². The number of rotatable bonds is 5. The molecule has 1 heteroatoms. The summed E-state index contributed by atoms with van der Waals surface area (Å²) in [5.41, 5.74) is 5.36. The van der Waals surface area contributed by atoms with Crippen LogP contribution in [0.25, 0.3) is 5.57 Å². The lowest BCUT2D eigenvalue weighted by Crippen LogP contribution is -1.88. The maximum Gasteiger partial charge on any atom is -0.00856 e. The van der Waals surface area contributed by atoms with Crippen molar-refractivity contribution in [2.75, 3.05) is 13.3 Å². The third-order valence-electron chi connectivity index (χ3n) is 3.46. The van der Waals surface area contributed by atoms with Gasteiger partial charge in [0.15, 0.2) is 0 Å². The molecule has 0 aliphatic heterocycles. The Labute approximate surface area is 130 Å². The van der Waals surface area contributed by atoms with Crippen LogP contribution in [-0.4, -0.2) is 13.3 Å². The maximum atomic E-state index is 2.34. The van der Waals surface area contributed by atoms with E-state index < -0.39 is 0 Å². The molecule has 0 amide bonds. The first-order chi connectivity index (χ1) is 10.2. The Balaban J connectivity index is 2.27. The third kappa shape index (κ3) is 4.99. The largest absolute Gasteiger partial charge is 0.0896 e. The number of allylic oxidation sites excluding steroid dienone is 3. The molecule has 0 N–H and O–H groups in total. The van der Waals surface area contributed by atoms with Crippen LogP contribution < -0.4 is 0 Å². The van der Waals surface area contributed by atoms with Crippen molar-refractivity contribution >= 4 is 13.5 Å². The summed E-state index contributed by atoms with van der Waals surface area (Å²) in [4.78, 5) is 0. The van der Waals surface area contributed by atoms with Crippen molar-refractivity contribution in [3.8, 4) is 0 Å². The van der Waals surface area contributed by atoms with Gasteiger partial charge in [-0.25, -0.2) is 0 Å². The summed E-state index contributed by atoms with van der Waals surface area (Å²) in [6.07, 6.45) is 5.60. The average molecular weight is 294 g/mol. The minimum atomic E-state index is -0.0159. The van der Waals surface area contributed by atoms with Gasteiger partial charge in [0, 0.05) is 0 Å². The van der Waals surface area contributed by atoms with Crippen molar-refractivity contribution < 1.29 is 0 Å². The Hall–Kier alpha value is -1.65. The van der Waals surface area contributed by atoms with Gasteiger partial charge in [-0.15, -0.1) is 0 Å². The molecule has 0 saturated heterocycles. The highest BCUT2D eigenvalue weighted by Gasteiger charge is 1.99. The fraction of sp³-hybridized carbons (Fsp3) is 0.200. The predicted octanol–water partition coefficient (Wildman–Crippen LogP) is 5.88. The van der Waals surface area contributed by atoms with Crippen molar-refractivity contribution in [3.63, 3.8) is 0 Å². The molecule has 0 unspecified atom stereocenters. The van der Waals surface area contributed by atoms with Gasteiger partial charge in [0.25, 0.3) is 0 Å². The van der Waals surface area contributed by atoms with Gasteiger partial charge in [-0.2, -0.15) is 0 Å². The molecule has 0 heterocycles. The van der Waals surface area contributed by atoms with Gasteiger partial charge in [0.1, 0.15) is 0 Å². The minimum Gasteiger partial charge on any atom is -0.0896 e. The molecule has 108 valence electrons. The Morgan fingerprint density at radius 3 is 2.29 bits per heavy atom. The molecule has 0 bridgehead atoms. The quantitative estimate of drug-likeness (QED) is 0.477. The van der Waals surface area contributed by atoms with Gasteiger partial charge in [0.2, 0.25) is 0 Å². The zero-order valence-corrected chi connectivity index (χ0v) is 14.0. The van der Waals surface area contributed by atoms with Crippen molar-refractivity contribution in [2.45, 2.75) is 13.3 Å². The fourth-order valence-corrected chi connectivity index (χ4v) is 2.66. The van der Waals surface area contributed by atoms with Crippen LogP contribution in [0.5, 0.6) is 0 Å². The molecule has 0 nitrogen and oxygen atoms in total. The summed E-state index contributed by atoms with van der Waals surface area (Å²) >= 11 is 0. The van der Waals surface area contributed by atoms with E-state index in [0.717, 1.165) is 6.42 Å². The van der Waals surface area contributed by atoms with E-state index in [1.165, 1.54) is 22.3 Å². The van der Waals surface area contributed by atoms with Crippen molar-refractivity contribution in [2.24, 2.45) is 0 Å². The second-order valence-corrected chi connectivity index (χ2v) is 7.66. The van der Waals surface area contributed by atoms with Gasteiger partial charge in [-0.05, 0) is 48.9 Å². The second kappa shape index (κ2) is 7.96. The van der Waals surface area contributed by atoms with E-state index in [2.05, 4.69) is 92.8 Å². The van der Waals surface area contributed by atoms with E-state index >= 15 is 0 Å². The van der Waals surface area contributed by atoms with Gasteiger partial charge in [0.05, 0.1) is 0 Å². The lowest BCUT2D eigenvalue weighted by atomic mass is 10.0. The molecule has 0 aliphatic rings. The Morgan fingerprint density at radius 1 is 0.952 bits per heavy atom. The summed E-state index contributed by atoms with van der Waals surface area (Å²) in [6.45, 7) is 6.73. The van der Waals surface area contributed by atoms with Gasteiger partial charge >= 0.3 is 0 Å². The number of aryl methyl sites for hydroxylation is 1. The van der Waals surface area contributed by atoms with E-state index in [4.69, 9.17) is 0 Å². The molecular formula is C20H23P. The average Bonchev–Trinajstić information content (AvgIpc) is 2.49. The first-order valence-electron chi connectivity index (χ1n) is 7.31. The van der Waals surface area contributed by atoms with E-state index in [1.807, 2.05) is 0 Å². The highest BCUT2D eigenvalue weighted by molar-refractivity contribution is 7.59. The Kier molecular flexibility index (Phi) is 5.96. The summed E-state index contributed by atoms with van der Waals surface area (Å²) in [5, 5.41) is 0. The Morgan fingerprint density at radius 2 is 1.62 bits per heavy atom. The summed E-state index contributed by atoms with van der Waals surface area (Å²) in [6, 6.07) is 19.2. The van der Waals surface area contributed by atoms with Crippen molar-refractivity contribution in [3.05, 3.63) is 89.3 Å². The molecule has 0 radical (unpaired) electrons. The molecule has 0 fully saturated rings. The smallest absolute Gasteiger partial charge is 0.00856 e. The monoisotopic (exact) mass is 294 g/mol. The SMILES string of the molecule is Cc1ccccc1C/C=C(\C=C/P(C)C)c1ccccc1. The predicted molar refractivity (Wildman–Crippen MR) is 97.2 cm³/mol. The van der Waals surface area contributed by atoms with Gasteiger partial charge < -0.3 is 0 Å². The van der Waals surface area contributed by atoms with Crippen LogP contribution in [-0.2, 0) is 6.42 Å². The van der Waals surface area contributed by atoms with E-state index in [9.17, 15) is 0 Å². The minimum absolute atomic E-state index is 0.0159. The second-order valence-electron chi connectivity index (χ2n) is 5.44. The van der Waals surface area contributed by atoms with Crippen LogP contribution in [0.15, 0.2) is 72.6 Å². The number of benzene rings is 2. The fourth-order valence-electron chi connectivity index (χ4n) is 2.20. The first kappa shape index (κ1) is 15.7. The van der Waals surface area contributed by atoms with E-state index in [0.29, 0.717) is 0 Å². The number of hydrogen-bond donors (Lipinski definition) is 0. The molecule has 0 aliphatic carbocycles. The summed E-state index contributed by atoms with van der Waals surface area (Å²) < 4.78 is 0. The molecule has 0 saturated carbocycles. The molecule has 2 aromatic rings. The molecule has 21 heavy (non-hydrogen) atoms. The topological polar surface area (TPSA) is 0 Å². The standard InChI is InChI=1S/C20H23P/c1-17-9-7-8-10-18(17)13-14-20(15-16-21(2)3)19-11-5-4-6-12-19/h4-12,14-16H,13H2,1-3H3/b16-15-,20-14+. The molecule has 0 aromatic heterocycles. The first-order valence-corrected chi connectivity index (χ1v) is 9.62. The highest BCUT2D eigenvalue weighted by Crippen LogP contribution is 2.28. The molecular weight excluding hydrogens is 271 g/mol. The van der Waals surface area contributed by atoms with Crippen molar-refractivity contribution in [1.82, 2.24) is 0 Å². The zero-order valence-electron chi connectivity index (χ0n) is 13.1. The lowest BCUT2D eigenvalue weighted by Gasteiger charge is -2.06. The molecule has 2 aromatic carbocycles. The summed E-state index contributed by atoms with van der Waals surface area (Å²) in [7, 11) is -0.0159. The van der Waals surface area contributed by atoms with Crippen LogP contribution in [0, 0.1) is 6.92 Å². The van der Waals surface area contributed by atoms with Crippen LogP contribution in [0.4, 0.5) is 0 Å². The normalized spacial score (nSPS) is 12.3. The Bertz CT molecular complexity index is 621. The van der Waals surface area contributed by atoms with Gasteiger partial charge in [-0.1, -0.05) is 80.5 Å².